The molecule has 0 aliphatic heterocycles. The average Bonchev–Trinajstić information content (AvgIpc) is 2.46. The highest BCUT2D eigenvalue weighted by molar-refractivity contribution is 6.12. The average molecular weight is 362 g/mol. The zero-order valence-electron chi connectivity index (χ0n) is 16.1. The zero-order chi connectivity index (χ0) is 19.9. The molecule has 0 fully saturated rings. The fraction of sp³-hybridized carbons (Fsp3) is 0.409. The smallest absolute Gasteiger partial charge is 0.289 e. The lowest BCUT2D eigenvalue weighted by Gasteiger charge is -2.31. The Kier molecular flexibility index (Phi) is 5.10. The molecule has 0 bridgehead atoms. The van der Waals surface area contributed by atoms with Crippen LogP contribution in [-0.4, -0.2) is 5.78 Å². The summed E-state index contributed by atoms with van der Waals surface area (Å²) in [5.74, 6) is -0.0359. The molecular formula is C22H25F3O. The number of ketones is 1. The number of carbonyl (C=O) groups is 1. The highest BCUT2D eigenvalue weighted by Crippen LogP contribution is 2.40. The molecule has 1 aliphatic carbocycles. The third-order valence-corrected chi connectivity index (χ3v) is 4.32. The molecule has 0 spiro atoms. The lowest BCUT2D eigenvalue weighted by molar-refractivity contribution is -0.137. The molecule has 0 saturated carbocycles. The maximum Gasteiger partial charge on any atom is 0.416 e. The summed E-state index contributed by atoms with van der Waals surface area (Å²) in [4.78, 5) is 12.9. The molecule has 2 rings (SSSR count). The number of carbonyl (C=O) groups excluding carboxylic acids is 1. The van der Waals surface area contributed by atoms with Crippen molar-refractivity contribution >= 4 is 11.9 Å². The minimum absolute atomic E-state index is 0.0359. The summed E-state index contributed by atoms with van der Waals surface area (Å²) in [5, 5.41) is 0. The molecule has 0 amide bonds. The first-order valence-corrected chi connectivity index (χ1v) is 8.58. The summed E-state index contributed by atoms with van der Waals surface area (Å²) in [6.07, 6.45) is 0.507. The summed E-state index contributed by atoms with van der Waals surface area (Å²) in [6.45, 7) is 11.6. The normalized spacial score (nSPS) is 16.3. The van der Waals surface area contributed by atoms with Gasteiger partial charge in [0.2, 0.25) is 0 Å². The van der Waals surface area contributed by atoms with Gasteiger partial charge >= 0.3 is 6.18 Å². The van der Waals surface area contributed by atoms with Gasteiger partial charge in [0, 0.05) is 11.1 Å². The van der Waals surface area contributed by atoms with Crippen molar-refractivity contribution in [1.29, 1.82) is 0 Å². The van der Waals surface area contributed by atoms with Crippen LogP contribution in [0, 0.1) is 10.8 Å². The summed E-state index contributed by atoms with van der Waals surface area (Å²) in [6, 6.07) is 5.48. The third kappa shape index (κ3) is 4.35. The van der Waals surface area contributed by atoms with Crippen molar-refractivity contribution in [2.75, 3.05) is 0 Å². The molecule has 0 radical (unpaired) electrons. The van der Waals surface area contributed by atoms with E-state index in [9.17, 15) is 18.0 Å². The molecule has 1 aromatic rings. The molecule has 0 saturated heterocycles. The lowest BCUT2D eigenvalue weighted by atomic mass is 9.72. The van der Waals surface area contributed by atoms with Crippen LogP contribution in [0.4, 0.5) is 13.2 Å². The number of rotatable bonds is 1. The third-order valence-electron chi connectivity index (χ3n) is 4.32. The SMILES string of the molecule is CC(C)(C)C1=CC(=Cc2ccccc2C(F)(F)F)C=C(C(C)(C)C)C1=O. The number of halogens is 3. The topological polar surface area (TPSA) is 17.1 Å². The quantitative estimate of drug-likeness (QED) is 0.549. The molecule has 4 heteroatoms. The second-order valence-corrected chi connectivity index (χ2v) is 8.67. The Hall–Kier alpha value is -2.10. The second-order valence-electron chi connectivity index (χ2n) is 8.67. The van der Waals surface area contributed by atoms with Gasteiger partial charge < -0.3 is 0 Å². The van der Waals surface area contributed by atoms with Gasteiger partial charge in [0.05, 0.1) is 5.56 Å². The molecule has 1 aliphatic rings. The largest absolute Gasteiger partial charge is 0.416 e. The Bertz CT molecular complexity index is 771. The van der Waals surface area contributed by atoms with Crippen LogP contribution in [0.2, 0.25) is 0 Å². The predicted octanol–water partition coefficient (Wildman–Crippen LogP) is 6.62. The first-order valence-electron chi connectivity index (χ1n) is 8.58. The van der Waals surface area contributed by atoms with Gasteiger partial charge in [0.15, 0.2) is 5.78 Å². The van der Waals surface area contributed by atoms with Crippen LogP contribution in [0.3, 0.4) is 0 Å². The van der Waals surface area contributed by atoms with E-state index in [0.29, 0.717) is 16.7 Å². The van der Waals surface area contributed by atoms with Gasteiger partial charge in [-0.05, 0) is 46.3 Å². The lowest BCUT2D eigenvalue weighted by Crippen LogP contribution is -2.27. The van der Waals surface area contributed by atoms with Gasteiger partial charge in [-0.15, -0.1) is 0 Å². The fourth-order valence-corrected chi connectivity index (χ4v) is 2.91. The van der Waals surface area contributed by atoms with Crippen molar-refractivity contribution in [3.8, 4) is 0 Å². The van der Waals surface area contributed by atoms with E-state index >= 15 is 0 Å². The molecule has 1 nitrogen and oxygen atoms in total. The standard InChI is InChI=1S/C22H25F3O/c1-20(2,3)17-12-14(13-18(19(17)26)21(4,5)6)11-15-9-7-8-10-16(15)22(23,24)25/h7-13H,1-6H3. The van der Waals surface area contributed by atoms with E-state index in [4.69, 9.17) is 0 Å². The summed E-state index contributed by atoms with van der Waals surface area (Å²) in [7, 11) is 0. The van der Waals surface area contributed by atoms with E-state index < -0.39 is 22.6 Å². The van der Waals surface area contributed by atoms with E-state index in [1.807, 2.05) is 41.5 Å². The van der Waals surface area contributed by atoms with E-state index in [-0.39, 0.29) is 11.3 Å². The number of Topliss-reactive ketones (excluding diaryl/α,β-unsaturated/α-hetero) is 1. The molecule has 0 heterocycles. The first-order chi connectivity index (χ1) is 11.7. The maximum absolute atomic E-state index is 13.3. The van der Waals surface area contributed by atoms with Crippen molar-refractivity contribution in [3.63, 3.8) is 0 Å². The number of alkyl halides is 3. The highest BCUT2D eigenvalue weighted by Gasteiger charge is 2.35. The number of allylic oxidation sites excluding steroid dienone is 5. The number of benzene rings is 1. The van der Waals surface area contributed by atoms with Gasteiger partial charge in [0.1, 0.15) is 0 Å². The highest BCUT2D eigenvalue weighted by atomic mass is 19.4. The summed E-state index contributed by atoms with van der Waals surface area (Å²) in [5.41, 5.74) is 0.450. The van der Waals surface area contributed by atoms with Crippen molar-refractivity contribution in [1.82, 2.24) is 0 Å². The van der Waals surface area contributed by atoms with Crippen molar-refractivity contribution < 1.29 is 18.0 Å². The van der Waals surface area contributed by atoms with Crippen molar-refractivity contribution in [2.24, 2.45) is 10.8 Å². The van der Waals surface area contributed by atoms with Crippen LogP contribution in [-0.2, 0) is 11.0 Å². The Morgan fingerprint density at radius 1 is 0.808 bits per heavy atom. The molecule has 140 valence electrons. The Morgan fingerprint density at radius 3 is 1.69 bits per heavy atom. The minimum Gasteiger partial charge on any atom is -0.289 e. The van der Waals surface area contributed by atoms with Crippen molar-refractivity contribution in [3.05, 3.63) is 64.3 Å². The van der Waals surface area contributed by atoms with E-state index in [1.165, 1.54) is 18.2 Å². The molecule has 0 N–H and O–H groups in total. The van der Waals surface area contributed by atoms with Crippen molar-refractivity contribution in [2.45, 2.75) is 47.7 Å². The number of hydrogen-bond acceptors (Lipinski definition) is 1. The molecular weight excluding hydrogens is 337 g/mol. The molecule has 0 aromatic heterocycles. The minimum atomic E-state index is -4.43. The Morgan fingerprint density at radius 2 is 1.27 bits per heavy atom. The first kappa shape index (κ1) is 20.2. The second kappa shape index (κ2) is 6.57. The van der Waals surface area contributed by atoms with Crippen LogP contribution in [0.1, 0.15) is 52.7 Å². The summed E-state index contributed by atoms with van der Waals surface area (Å²) < 4.78 is 39.8. The monoisotopic (exact) mass is 362 g/mol. The molecule has 0 unspecified atom stereocenters. The van der Waals surface area contributed by atoms with Crippen LogP contribution in [0.5, 0.6) is 0 Å². The predicted molar refractivity (Wildman–Crippen MR) is 99.5 cm³/mol. The van der Waals surface area contributed by atoms with Gasteiger partial charge in [-0.3, -0.25) is 4.79 Å². The Labute approximate surface area is 153 Å². The maximum atomic E-state index is 13.3. The van der Waals surface area contributed by atoms with Gasteiger partial charge in [0.25, 0.3) is 0 Å². The van der Waals surface area contributed by atoms with Gasteiger partial charge in [-0.25, -0.2) is 0 Å². The Balaban J connectivity index is 2.68. The molecule has 0 atom stereocenters. The van der Waals surface area contributed by atoms with Crippen LogP contribution in [0.15, 0.2) is 53.1 Å². The van der Waals surface area contributed by atoms with Gasteiger partial charge in [-0.1, -0.05) is 59.7 Å². The van der Waals surface area contributed by atoms with Crippen LogP contribution < -0.4 is 0 Å². The van der Waals surface area contributed by atoms with Crippen LogP contribution >= 0.6 is 0 Å². The fourth-order valence-electron chi connectivity index (χ4n) is 2.91. The van der Waals surface area contributed by atoms with E-state index in [2.05, 4.69) is 0 Å². The summed E-state index contributed by atoms with van der Waals surface area (Å²) >= 11 is 0. The van der Waals surface area contributed by atoms with E-state index in [1.54, 1.807) is 18.2 Å². The molecule has 1 aromatic carbocycles. The zero-order valence-corrected chi connectivity index (χ0v) is 16.1. The van der Waals surface area contributed by atoms with Gasteiger partial charge in [-0.2, -0.15) is 13.2 Å². The van der Waals surface area contributed by atoms with Crippen LogP contribution in [0.25, 0.3) is 6.08 Å². The van der Waals surface area contributed by atoms with E-state index in [0.717, 1.165) is 6.07 Å². The number of hydrogen-bond donors (Lipinski definition) is 0. The molecule has 26 heavy (non-hydrogen) atoms.